The molecule has 1 amide bonds. The van der Waals surface area contributed by atoms with Gasteiger partial charge in [-0.3, -0.25) is 4.79 Å². The fourth-order valence-corrected chi connectivity index (χ4v) is 3.65. The van der Waals surface area contributed by atoms with Crippen LogP contribution in [0.4, 0.5) is 0 Å². The van der Waals surface area contributed by atoms with Crippen molar-refractivity contribution in [3.05, 3.63) is 71.8 Å². The van der Waals surface area contributed by atoms with Crippen LogP contribution in [-0.4, -0.2) is 20.4 Å². The minimum absolute atomic E-state index is 0.0945. The van der Waals surface area contributed by atoms with Crippen LogP contribution < -0.4 is 10.0 Å². The molecule has 1 atom stereocenters. The summed E-state index contributed by atoms with van der Waals surface area (Å²) < 4.78 is 26.7. The number of rotatable bonds is 7. The van der Waals surface area contributed by atoms with E-state index in [1.54, 1.807) is 32.1 Å². The number of benzene rings is 2. The van der Waals surface area contributed by atoms with E-state index in [2.05, 4.69) is 10.0 Å². The third-order valence-corrected chi connectivity index (χ3v) is 5.34. The molecule has 2 aromatic rings. The molecule has 2 rings (SSSR count). The smallest absolute Gasteiger partial charge is 0.244 e. The van der Waals surface area contributed by atoms with Crippen molar-refractivity contribution in [3.8, 4) is 0 Å². The Hall–Kier alpha value is -2.44. The molecule has 0 radical (unpaired) electrons. The molecule has 0 heterocycles. The SMILES string of the molecule is CC(C)NS(=O)(=O)c1ccc(/C=C/C(=O)NC(C)c2ccccc2)cc1. The van der Waals surface area contributed by atoms with Gasteiger partial charge in [0.2, 0.25) is 15.9 Å². The van der Waals surface area contributed by atoms with Gasteiger partial charge in [0.05, 0.1) is 10.9 Å². The van der Waals surface area contributed by atoms with Crippen molar-refractivity contribution < 1.29 is 13.2 Å². The molecule has 0 aliphatic carbocycles. The fourth-order valence-electron chi connectivity index (χ4n) is 2.39. The van der Waals surface area contributed by atoms with Crippen molar-refractivity contribution in [2.45, 2.75) is 37.8 Å². The van der Waals surface area contributed by atoms with E-state index in [-0.39, 0.29) is 22.9 Å². The molecule has 0 saturated heterocycles. The normalized spacial score (nSPS) is 13.1. The summed E-state index contributed by atoms with van der Waals surface area (Å²) in [7, 11) is -3.51. The second-order valence-corrected chi connectivity index (χ2v) is 8.03. The number of amides is 1. The molecule has 0 fully saturated rings. The Morgan fingerprint density at radius 2 is 1.58 bits per heavy atom. The Kier molecular flexibility index (Phi) is 6.71. The third-order valence-electron chi connectivity index (χ3n) is 3.67. The average Bonchev–Trinajstić information content (AvgIpc) is 2.60. The monoisotopic (exact) mass is 372 g/mol. The Morgan fingerprint density at radius 3 is 2.15 bits per heavy atom. The number of hydrogen-bond acceptors (Lipinski definition) is 3. The van der Waals surface area contributed by atoms with Crippen molar-refractivity contribution in [2.24, 2.45) is 0 Å². The van der Waals surface area contributed by atoms with E-state index >= 15 is 0 Å². The van der Waals surface area contributed by atoms with E-state index in [0.717, 1.165) is 11.1 Å². The van der Waals surface area contributed by atoms with E-state index < -0.39 is 10.0 Å². The first-order valence-corrected chi connectivity index (χ1v) is 9.92. The topological polar surface area (TPSA) is 75.3 Å². The van der Waals surface area contributed by atoms with Crippen molar-refractivity contribution in [1.29, 1.82) is 0 Å². The van der Waals surface area contributed by atoms with E-state index in [1.807, 2.05) is 37.3 Å². The Bertz CT molecular complexity index is 858. The molecule has 0 aliphatic rings. The molecular weight excluding hydrogens is 348 g/mol. The largest absolute Gasteiger partial charge is 0.346 e. The molecule has 2 N–H and O–H groups in total. The second kappa shape index (κ2) is 8.78. The maximum absolute atomic E-state index is 12.1. The van der Waals surface area contributed by atoms with Gasteiger partial charge in [0.1, 0.15) is 0 Å². The molecule has 0 saturated carbocycles. The van der Waals surface area contributed by atoms with Crippen LogP contribution in [0.5, 0.6) is 0 Å². The van der Waals surface area contributed by atoms with Crippen LogP contribution in [-0.2, 0) is 14.8 Å². The van der Waals surface area contributed by atoms with Gasteiger partial charge >= 0.3 is 0 Å². The van der Waals surface area contributed by atoms with Crippen LogP contribution in [0.15, 0.2) is 65.6 Å². The first kappa shape index (κ1) is 19.9. The van der Waals surface area contributed by atoms with Gasteiger partial charge in [-0.15, -0.1) is 0 Å². The van der Waals surface area contributed by atoms with Crippen LogP contribution in [0, 0.1) is 0 Å². The molecule has 0 aromatic heterocycles. The van der Waals surface area contributed by atoms with Crippen molar-refractivity contribution in [1.82, 2.24) is 10.0 Å². The zero-order chi connectivity index (χ0) is 19.2. The summed E-state index contributed by atoms with van der Waals surface area (Å²) >= 11 is 0. The lowest BCUT2D eigenvalue weighted by molar-refractivity contribution is -0.117. The highest BCUT2D eigenvalue weighted by Gasteiger charge is 2.14. The van der Waals surface area contributed by atoms with Crippen LogP contribution >= 0.6 is 0 Å². The number of carbonyl (C=O) groups is 1. The predicted octanol–water partition coefficient (Wildman–Crippen LogP) is 3.26. The van der Waals surface area contributed by atoms with Crippen molar-refractivity contribution >= 4 is 22.0 Å². The van der Waals surface area contributed by atoms with Gasteiger partial charge in [-0.25, -0.2) is 13.1 Å². The number of hydrogen-bond donors (Lipinski definition) is 2. The summed E-state index contributed by atoms with van der Waals surface area (Å²) in [5.74, 6) is -0.209. The molecular formula is C20H24N2O3S. The van der Waals surface area contributed by atoms with E-state index in [1.165, 1.54) is 18.2 Å². The Balaban J connectivity index is 1.99. The predicted molar refractivity (Wildman–Crippen MR) is 104 cm³/mol. The van der Waals surface area contributed by atoms with Gasteiger partial charge in [-0.2, -0.15) is 0 Å². The Labute approximate surface area is 155 Å². The zero-order valence-electron chi connectivity index (χ0n) is 15.1. The van der Waals surface area contributed by atoms with Crippen LogP contribution in [0.1, 0.15) is 37.9 Å². The number of nitrogens with one attached hydrogen (secondary N) is 2. The van der Waals surface area contributed by atoms with Gasteiger partial charge in [0.15, 0.2) is 0 Å². The Morgan fingerprint density at radius 1 is 0.962 bits per heavy atom. The van der Waals surface area contributed by atoms with E-state index in [0.29, 0.717) is 0 Å². The summed E-state index contributed by atoms with van der Waals surface area (Å²) in [6.45, 7) is 5.45. The number of sulfonamides is 1. The van der Waals surface area contributed by atoms with Gasteiger partial charge in [-0.05, 0) is 50.1 Å². The second-order valence-electron chi connectivity index (χ2n) is 6.32. The average molecular weight is 372 g/mol. The van der Waals surface area contributed by atoms with Gasteiger partial charge in [0, 0.05) is 12.1 Å². The van der Waals surface area contributed by atoms with Crippen molar-refractivity contribution in [2.75, 3.05) is 0 Å². The summed E-state index contributed by atoms with van der Waals surface area (Å²) in [6, 6.07) is 15.8. The molecule has 26 heavy (non-hydrogen) atoms. The number of carbonyl (C=O) groups excluding carboxylic acids is 1. The molecule has 138 valence electrons. The van der Waals surface area contributed by atoms with Crippen LogP contribution in [0.2, 0.25) is 0 Å². The summed E-state index contributed by atoms with van der Waals surface area (Å²) in [5, 5.41) is 2.89. The van der Waals surface area contributed by atoms with E-state index in [9.17, 15) is 13.2 Å². The molecule has 0 bridgehead atoms. The van der Waals surface area contributed by atoms with Gasteiger partial charge in [0.25, 0.3) is 0 Å². The lowest BCUT2D eigenvalue weighted by Gasteiger charge is -2.12. The van der Waals surface area contributed by atoms with Gasteiger partial charge in [-0.1, -0.05) is 42.5 Å². The first-order valence-electron chi connectivity index (χ1n) is 8.44. The molecule has 0 aliphatic heterocycles. The summed E-state index contributed by atoms with van der Waals surface area (Å²) in [6.07, 6.45) is 3.09. The zero-order valence-corrected chi connectivity index (χ0v) is 16.0. The molecule has 0 spiro atoms. The van der Waals surface area contributed by atoms with Crippen LogP contribution in [0.3, 0.4) is 0 Å². The third kappa shape index (κ3) is 5.82. The first-order chi connectivity index (χ1) is 12.3. The van der Waals surface area contributed by atoms with Gasteiger partial charge < -0.3 is 5.32 Å². The highest BCUT2D eigenvalue weighted by molar-refractivity contribution is 7.89. The minimum atomic E-state index is -3.51. The van der Waals surface area contributed by atoms with Crippen LogP contribution in [0.25, 0.3) is 6.08 Å². The maximum Gasteiger partial charge on any atom is 0.244 e. The quantitative estimate of drug-likeness (QED) is 0.733. The van der Waals surface area contributed by atoms with Crippen molar-refractivity contribution in [3.63, 3.8) is 0 Å². The molecule has 2 aromatic carbocycles. The molecule has 1 unspecified atom stereocenters. The lowest BCUT2D eigenvalue weighted by atomic mass is 10.1. The fraction of sp³-hybridized carbons (Fsp3) is 0.250. The summed E-state index contributed by atoms with van der Waals surface area (Å²) in [4.78, 5) is 12.2. The maximum atomic E-state index is 12.1. The standard InChI is InChI=1S/C20H24N2O3S/c1-15(2)22-26(24,25)19-12-9-17(10-13-19)11-14-20(23)21-16(3)18-7-5-4-6-8-18/h4-16,22H,1-3H3,(H,21,23)/b14-11+. The van der Waals surface area contributed by atoms with E-state index in [4.69, 9.17) is 0 Å². The summed E-state index contributed by atoms with van der Waals surface area (Å²) in [5.41, 5.74) is 1.78. The highest BCUT2D eigenvalue weighted by Crippen LogP contribution is 2.13. The highest BCUT2D eigenvalue weighted by atomic mass is 32.2. The molecule has 5 nitrogen and oxygen atoms in total. The lowest BCUT2D eigenvalue weighted by Crippen LogP contribution is -2.30. The molecule has 6 heteroatoms. The minimum Gasteiger partial charge on any atom is -0.346 e.